The molecule has 6 nitrogen and oxygen atoms in total. The highest BCUT2D eigenvalue weighted by Gasteiger charge is 2.16. The third-order valence-electron chi connectivity index (χ3n) is 3.48. The van der Waals surface area contributed by atoms with Crippen LogP contribution in [0.15, 0.2) is 30.3 Å². The van der Waals surface area contributed by atoms with Crippen molar-refractivity contribution in [2.24, 2.45) is 0 Å². The first-order valence-electron chi connectivity index (χ1n) is 7.00. The number of hydrogen-bond donors (Lipinski definition) is 1. The fourth-order valence-electron chi connectivity index (χ4n) is 2.26. The molecule has 0 atom stereocenters. The molecule has 0 aliphatic carbocycles. The number of nitrogens with zero attached hydrogens (tertiary/aromatic N) is 4. The molecule has 1 N–H and O–H groups in total. The number of aryl methyl sites for hydroxylation is 1. The Morgan fingerprint density at radius 1 is 1.14 bits per heavy atom. The topological polar surface area (TPSA) is 73.1 Å². The summed E-state index contributed by atoms with van der Waals surface area (Å²) in [7, 11) is 1.60. The van der Waals surface area contributed by atoms with Crippen LogP contribution in [0.5, 0.6) is 5.75 Å². The maximum absolute atomic E-state index is 10.00. The van der Waals surface area contributed by atoms with Gasteiger partial charge in [0.2, 0.25) is 5.65 Å². The van der Waals surface area contributed by atoms with Gasteiger partial charge in [-0.3, -0.25) is 0 Å². The Labute approximate surface area is 128 Å². The van der Waals surface area contributed by atoms with E-state index in [1.165, 1.54) is 4.80 Å². The van der Waals surface area contributed by atoms with E-state index in [9.17, 15) is 5.11 Å². The Morgan fingerprint density at radius 3 is 2.41 bits per heavy atom. The van der Waals surface area contributed by atoms with Gasteiger partial charge in [-0.1, -0.05) is 12.1 Å². The van der Waals surface area contributed by atoms with Crippen LogP contribution in [0.1, 0.15) is 25.1 Å². The number of rotatable bonds is 3. The lowest BCUT2D eigenvalue weighted by Gasteiger charge is -2.17. The molecule has 0 saturated heterocycles. The van der Waals surface area contributed by atoms with E-state index in [1.807, 2.05) is 37.3 Å². The lowest BCUT2D eigenvalue weighted by Crippen LogP contribution is -2.15. The molecule has 0 unspecified atom stereocenters. The Morgan fingerprint density at radius 2 is 1.82 bits per heavy atom. The zero-order chi connectivity index (χ0) is 15.9. The molecular formula is C16H18N4O2. The van der Waals surface area contributed by atoms with Crippen molar-refractivity contribution in [1.29, 1.82) is 0 Å². The SMILES string of the molecule is COc1cc(C)nc2nn(-c3ccc(C(C)(C)O)cc3)nc12. The minimum absolute atomic E-state index is 0.545. The molecule has 0 fully saturated rings. The van der Waals surface area contributed by atoms with E-state index in [1.54, 1.807) is 21.0 Å². The number of ether oxygens (including phenoxy) is 1. The Kier molecular flexibility index (Phi) is 3.33. The second-order valence-corrected chi connectivity index (χ2v) is 5.73. The van der Waals surface area contributed by atoms with Crippen molar-refractivity contribution >= 4 is 11.2 Å². The van der Waals surface area contributed by atoms with Gasteiger partial charge in [0.1, 0.15) is 0 Å². The van der Waals surface area contributed by atoms with Crippen LogP contribution >= 0.6 is 0 Å². The largest absolute Gasteiger partial charge is 0.494 e. The third-order valence-corrected chi connectivity index (χ3v) is 3.48. The van der Waals surface area contributed by atoms with Crippen LogP contribution in [0, 0.1) is 6.92 Å². The summed E-state index contributed by atoms with van der Waals surface area (Å²) in [6, 6.07) is 9.29. The first kappa shape index (κ1) is 14.5. The summed E-state index contributed by atoms with van der Waals surface area (Å²) < 4.78 is 5.33. The normalized spacial score (nSPS) is 11.9. The second-order valence-electron chi connectivity index (χ2n) is 5.73. The van der Waals surface area contributed by atoms with E-state index in [0.29, 0.717) is 16.9 Å². The zero-order valence-electron chi connectivity index (χ0n) is 13.0. The predicted octanol–water partition coefficient (Wildman–Crippen LogP) is 2.36. The average Bonchev–Trinajstić information content (AvgIpc) is 2.89. The quantitative estimate of drug-likeness (QED) is 0.803. The van der Waals surface area contributed by atoms with Gasteiger partial charge in [-0.15, -0.1) is 15.0 Å². The molecular weight excluding hydrogens is 280 g/mol. The highest BCUT2D eigenvalue weighted by Crippen LogP contribution is 2.24. The molecule has 0 radical (unpaired) electrons. The van der Waals surface area contributed by atoms with E-state index in [-0.39, 0.29) is 0 Å². The van der Waals surface area contributed by atoms with Crippen LogP contribution in [0.4, 0.5) is 0 Å². The summed E-state index contributed by atoms with van der Waals surface area (Å²) in [6.45, 7) is 5.39. The first-order chi connectivity index (χ1) is 10.4. The van der Waals surface area contributed by atoms with Gasteiger partial charge in [0.15, 0.2) is 11.3 Å². The number of methoxy groups -OCH3 is 1. The van der Waals surface area contributed by atoms with E-state index in [0.717, 1.165) is 16.9 Å². The summed E-state index contributed by atoms with van der Waals surface area (Å²) >= 11 is 0. The zero-order valence-corrected chi connectivity index (χ0v) is 13.0. The van der Waals surface area contributed by atoms with Crippen molar-refractivity contribution < 1.29 is 9.84 Å². The Bertz CT molecular complexity index is 817. The van der Waals surface area contributed by atoms with Gasteiger partial charge in [0.25, 0.3) is 0 Å². The summed E-state index contributed by atoms with van der Waals surface area (Å²) in [5.41, 5.74) is 2.75. The third kappa shape index (κ3) is 2.53. The van der Waals surface area contributed by atoms with Crippen molar-refractivity contribution in [1.82, 2.24) is 20.0 Å². The fourth-order valence-corrected chi connectivity index (χ4v) is 2.26. The van der Waals surface area contributed by atoms with Gasteiger partial charge in [-0.2, -0.15) is 0 Å². The molecule has 3 rings (SSSR count). The molecule has 0 bridgehead atoms. The van der Waals surface area contributed by atoms with E-state index < -0.39 is 5.60 Å². The van der Waals surface area contributed by atoms with Crippen molar-refractivity contribution in [3.8, 4) is 11.4 Å². The average molecular weight is 298 g/mol. The Hall–Kier alpha value is -2.47. The van der Waals surface area contributed by atoms with Gasteiger partial charge >= 0.3 is 0 Å². The number of pyridine rings is 1. The summed E-state index contributed by atoms with van der Waals surface area (Å²) in [6.07, 6.45) is 0. The number of benzene rings is 1. The van der Waals surface area contributed by atoms with Gasteiger partial charge in [-0.25, -0.2) is 4.98 Å². The number of aromatic nitrogens is 4. The minimum atomic E-state index is -0.872. The lowest BCUT2D eigenvalue weighted by atomic mass is 9.98. The second kappa shape index (κ2) is 5.06. The summed E-state index contributed by atoms with van der Waals surface area (Å²) in [4.78, 5) is 5.89. The van der Waals surface area contributed by atoms with Crippen molar-refractivity contribution in [3.63, 3.8) is 0 Å². The van der Waals surface area contributed by atoms with E-state index in [2.05, 4.69) is 15.2 Å². The van der Waals surface area contributed by atoms with Crippen LogP contribution in [-0.2, 0) is 5.60 Å². The standard InChI is InChI=1S/C16H18N4O2/c1-10-9-13(22-4)14-15(17-10)19-20(18-14)12-7-5-11(6-8-12)16(2,3)21/h5-9,21H,1-4H3. The number of aliphatic hydroxyl groups is 1. The van der Waals surface area contributed by atoms with Gasteiger partial charge in [0, 0.05) is 11.8 Å². The van der Waals surface area contributed by atoms with Crippen LogP contribution in [-0.4, -0.2) is 32.2 Å². The number of fused-ring (bicyclic) bond motifs is 1. The molecule has 0 aliphatic heterocycles. The molecule has 0 aliphatic rings. The molecule has 2 aromatic heterocycles. The lowest BCUT2D eigenvalue weighted by molar-refractivity contribution is 0.0786. The van der Waals surface area contributed by atoms with Gasteiger partial charge in [-0.05, 0) is 38.5 Å². The molecule has 6 heteroatoms. The summed E-state index contributed by atoms with van der Waals surface area (Å²) in [5.74, 6) is 0.655. The van der Waals surface area contributed by atoms with Gasteiger partial charge in [0.05, 0.1) is 18.4 Å². The Balaban J connectivity index is 2.07. The van der Waals surface area contributed by atoms with Crippen LogP contribution in [0.3, 0.4) is 0 Å². The minimum Gasteiger partial charge on any atom is -0.494 e. The monoisotopic (exact) mass is 298 g/mol. The molecule has 2 heterocycles. The molecule has 0 amide bonds. The predicted molar refractivity (Wildman–Crippen MR) is 83.2 cm³/mol. The van der Waals surface area contributed by atoms with Crippen LogP contribution < -0.4 is 4.74 Å². The van der Waals surface area contributed by atoms with E-state index in [4.69, 9.17) is 4.74 Å². The van der Waals surface area contributed by atoms with Gasteiger partial charge < -0.3 is 9.84 Å². The molecule has 1 aromatic carbocycles. The molecule has 0 saturated carbocycles. The highest BCUT2D eigenvalue weighted by atomic mass is 16.5. The van der Waals surface area contributed by atoms with Crippen LogP contribution in [0.2, 0.25) is 0 Å². The molecule has 114 valence electrons. The smallest absolute Gasteiger partial charge is 0.206 e. The van der Waals surface area contributed by atoms with Crippen molar-refractivity contribution in [2.45, 2.75) is 26.4 Å². The molecule has 0 spiro atoms. The highest BCUT2D eigenvalue weighted by molar-refractivity contribution is 5.77. The van der Waals surface area contributed by atoms with Crippen molar-refractivity contribution in [2.75, 3.05) is 7.11 Å². The maximum atomic E-state index is 10.00. The first-order valence-corrected chi connectivity index (χ1v) is 7.00. The number of hydrogen-bond acceptors (Lipinski definition) is 5. The fraction of sp³-hybridized carbons (Fsp3) is 0.312. The van der Waals surface area contributed by atoms with Crippen LogP contribution in [0.25, 0.3) is 16.9 Å². The van der Waals surface area contributed by atoms with E-state index >= 15 is 0 Å². The van der Waals surface area contributed by atoms with Crippen molar-refractivity contribution in [3.05, 3.63) is 41.6 Å². The molecule has 3 aromatic rings. The molecule has 22 heavy (non-hydrogen) atoms. The summed E-state index contributed by atoms with van der Waals surface area (Å²) in [5, 5.41) is 18.8. The maximum Gasteiger partial charge on any atom is 0.206 e.